The molecule has 0 aliphatic carbocycles. The molecule has 0 aliphatic rings. The van der Waals surface area contributed by atoms with E-state index in [2.05, 4.69) is 0 Å². The van der Waals surface area contributed by atoms with Gasteiger partial charge in [-0.1, -0.05) is 13.8 Å². The fourth-order valence-corrected chi connectivity index (χ4v) is 1.53. The van der Waals surface area contributed by atoms with Gasteiger partial charge >= 0.3 is 0 Å². The minimum atomic E-state index is -0.698. The molecule has 0 atom stereocenters. The monoisotopic (exact) mass is 239 g/mol. The van der Waals surface area contributed by atoms with Gasteiger partial charge in [-0.3, -0.25) is 14.9 Å². The summed E-state index contributed by atoms with van der Waals surface area (Å²) in [4.78, 5) is 21.2. The summed E-state index contributed by atoms with van der Waals surface area (Å²) in [5, 5.41) is 10.4. The quantitative estimate of drug-likeness (QED) is 0.586. The van der Waals surface area contributed by atoms with Crippen LogP contribution in [0.5, 0.6) is 0 Å². The number of Topliss-reactive ketones (excluding diaryl/α,β-unsaturated/α-hetero) is 1. The van der Waals surface area contributed by atoms with Gasteiger partial charge in [0.25, 0.3) is 5.69 Å². The summed E-state index contributed by atoms with van der Waals surface area (Å²) in [6.45, 7) is 3.81. The average Bonchev–Trinajstić information content (AvgIpc) is 2.19. The summed E-state index contributed by atoms with van der Waals surface area (Å²) in [5.41, 5.74) is -0.0937. The fourth-order valence-electron chi connectivity index (χ4n) is 1.53. The van der Waals surface area contributed by atoms with Gasteiger partial charge in [0.05, 0.1) is 11.0 Å². The molecule has 1 aromatic carbocycles. The standard InChI is InChI=1S/C12H14FNO3/c1-8(2)5-11(15)6-9-3-4-10(14(16)17)7-12(9)13/h3-4,7-8H,5-6H2,1-2H3. The van der Waals surface area contributed by atoms with Crippen LogP contribution < -0.4 is 0 Å². The highest BCUT2D eigenvalue weighted by atomic mass is 19.1. The molecule has 0 aliphatic heterocycles. The zero-order valence-corrected chi connectivity index (χ0v) is 9.77. The van der Waals surface area contributed by atoms with E-state index in [-0.39, 0.29) is 29.4 Å². The molecule has 0 aromatic heterocycles. The number of nitrogens with zero attached hydrogens (tertiary/aromatic N) is 1. The first kappa shape index (κ1) is 13.3. The second-order valence-electron chi connectivity index (χ2n) is 4.35. The van der Waals surface area contributed by atoms with Crippen LogP contribution in [0.1, 0.15) is 25.8 Å². The lowest BCUT2D eigenvalue weighted by molar-refractivity contribution is -0.385. The zero-order valence-electron chi connectivity index (χ0n) is 9.77. The molecule has 0 saturated heterocycles. The first-order chi connectivity index (χ1) is 7.90. The van der Waals surface area contributed by atoms with E-state index in [0.29, 0.717) is 6.42 Å². The number of hydrogen-bond acceptors (Lipinski definition) is 3. The minimum Gasteiger partial charge on any atom is -0.299 e. The van der Waals surface area contributed by atoms with E-state index in [1.54, 1.807) is 0 Å². The molecule has 0 amide bonds. The van der Waals surface area contributed by atoms with Crippen LogP contribution in [0.4, 0.5) is 10.1 Å². The second-order valence-corrected chi connectivity index (χ2v) is 4.35. The first-order valence-corrected chi connectivity index (χ1v) is 5.34. The summed E-state index contributed by atoms with van der Waals surface area (Å²) in [6.07, 6.45) is 0.373. The summed E-state index contributed by atoms with van der Waals surface area (Å²) in [7, 11) is 0. The van der Waals surface area contributed by atoms with E-state index >= 15 is 0 Å². The van der Waals surface area contributed by atoms with Gasteiger partial charge in [0.15, 0.2) is 0 Å². The number of rotatable bonds is 5. The molecule has 0 heterocycles. The Morgan fingerprint density at radius 2 is 2.12 bits per heavy atom. The molecule has 0 saturated carbocycles. The Balaban J connectivity index is 2.79. The maximum absolute atomic E-state index is 13.5. The number of non-ortho nitro benzene ring substituents is 1. The Labute approximate surface area is 98.6 Å². The van der Waals surface area contributed by atoms with Crippen LogP contribution in [0, 0.1) is 21.8 Å². The van der Waals surface area contributed by atoms with Crippen LogP contribution in [-0.2, 0) is 11.2 Å². The van der Waals surface area contributed by atoms with Gasteiger partial charge in [0.2, 0.25) is 0 Å². The highest BCUT2D eigenvalue weighted by Crippen LogP contribution is 2.18. The number of benzene rings is 1. The number of ketones is 1. The molecule has 0 bridgehead atoms. The van der Waals surface area contributed by atoms with Gasteiger partial charge < -0.3 is 0 Å². The van der Waals surface area contributed by atoms with E-state index in [1.165, 1.54) is 12.1 Å². The molecular formula is C12H14FNO3. The molecule has 1 rings (SSSR count). The highest BCUT2D eigenvalue weighted by Gasteiger charge is 2.13. The molecule has 92 valence electrons. The van der Waals surface area contributed by atoms with E-state index in [0.717, 1.165) is 6.07 Å². The average molecular weight is 239 g/mol. The van der Waals surface area contributed by atoms with Crippen molar-refractivity contribution in [2.75, 3.05) is 0 Å². The van der Waals surface area contributed by atoms with Crippen molar-refractivity contribution in [1.82, 2.24) is 0 Å². The van der Waals surface area contributed by atoms with Crippen LogP contribution >= 0.6 is 0 Å². The molecule has 0 fully saturated rings. The van der Waals surface area contributed by atoms with Crippen molar-refractivity contribution in [3.05, 3.63) is 39.7 Å². The Morgan fingerprint density at radius 1 is 1.47 bits per heavy atom. The van der Waals surface area contributed by atoms with Crippen molar-refractivity contribution >= 4 is 11.5 Å². The SMILES string of the molecule is CC(C)CC(=O)Cc1ccc([N+](=O)[O-])cc1F. The van der Waals surface area contributed by atoms with Crippen molar-refractivity contribution in [3.63, 3.8) is 0 Å². The van der Waals surface area contributed by atoms with Gasteiger partial charge in [-0.05, 0) is 17.5 Å². The van der Waals surface area contributed by atoms with Gasteiger partial charge in [0, 0.05) is 18.9 Å². The number of nitro benzene ring substituents is 1. The first-order valence-electron chi connectivity index (χ1n) is 5.34. The third kappa shape index (κ3) is 3.94. The van der Waals surface area contributed by atoms with E-state index < -0.39 is 10.7 Å². The molecule has 0 radical (unpaired) electrons. The number of carbonyl (C=O) groups is 1. The largest absolute Gasteiger partial charge is 0.299 e. The van der Waals surface area contributed by atoms with E-state index in [9.17, 15) is 19.3 Å². The van der Waals surface area contributed by atoms with Crippen molar-refractivity contribution < 1.29 is 14.1 Å². The Kier molecular flexibility index (Phi) is 4.31. The molecule has 5 heteroatoms. The summed E-state index contributed by atoms with van der Waals surface area (Å²) in [6, 6.07) is 3.35. The van der Waals surface area contributed by atoms with Crippen molar-refractivity contribution in [2.24, 2.45) is 5.92 Å². The second kappa shape index (κ2) is 5.52. The Bertz CT molecular complexity index is 443. The van der Waals surface area contributed by atoms with Crippen LogP contribution in [-0.4, -0.2) is 10.7 Å². The Hall–Kier alpha value is -1.78. The third-order valence-electron chi connectivity index (χ3n) is 2.27. The van der Waals surface area contributed by atoms with Crippen molar-refractivity contribution in [2.45, 2.75) is 26.7 Å². The topological polar surface area (TPSA) is 60.2 Å². The molecule has 0 spiro atoms. The zero-order chi connectivity index (χ0) is 13.0. The maximum Gasteiger partial charge on any atom is 0.272 e. The highest BCUT2D eigenvalue weighted by molar-refractivity contribution is 5.81. The molecule has 17 heavy (non-hydrogen) atoms. The van der Waals surface area contributed by atoms with Gasteiger partial charge in [-0.15, -0.1) is 0 Å². The normalized spacial score (nSPS) is 10.6. The molecule has 1 aromatic rings. The van der Waals surface area contributed by atoms with Gasteiger partial charge in [-0.25, -0.2) is 4.39 Å². The summed E-state index contributed by atoms with van der Waals surface area (Å²) < 4.78 is 13.5. The lowest BCUT2D eigenvalue weighted by Crippen LogP contribution is -2.07. The van der Waals surface area contributed by atoms with Gasteiger partial charge in [-0.2, -0.15) is 0 Å². The third-order valence-corrected chi connectivity index (χ3v) is 2.27. The maximum atomic E-state index is 13.5. The number of nitro groups is 1. The van der Waals surface area contributed by atoms with E-state index in [4.69, 9.17) is 0 Å². The van der Waals surface area contributed by atoms with Crippen LogP contribution in [0.25, 0.3) is 0 Å². The number of halogens is 1. The molecule has 4 nitrogen and oxygen atoms in total. The number of hydrogen-bond donors (Lipinski definition) is 0. The molecule has 0 N–H and O–H groups in total. The number of carbonyl (C=O) groups excluding carboxylic acids is 1. The fraction of sp³-hybridized carbons (Fsp3) is 0.417. The molecular weight excluding hydrogens is 225 g/mol. The predicted octanol–water partition coefficient (Wildman–Crippen LogP) is 2.89. The van der Waals surface area contributed by atoms with Gasteiger partial charge in [0.1, 0.15) is 11.6 Å². The van der Waals surface area contributed by atoms with Crippen LogP contribution in [0.2, 0.25) is 0 Å². The van der Waals surface area contributed by atoms with Crippen LogP contribution in [0.15, 0.2) is 18.2 Å². The van der Waals surface area contributed by atoms with E-state index in [1.807, 2.05) is 13.8 Å². The van der Waals surface area contributed by atoms with Crippen molar-refractivity contribution in [1.29, 1.82) is 0 Å². The minimum absolute atomic E-state index is 0.0119. The summed E-state index contributed by atoms with van der Waals surface area (Å²) >= 11 is 0. The lowest BCUT2D eigenvalue weighted by Gasteiger charge is -2.05. The Morgan fingerprint density at radius 3 is 2.59 bits per heavy atom. The smallest absolute Gasteiger partial charge is 0.272 e. The van der Waals surface area contributed by atoms with Crippen LogP contribution in [0.3, 0.4) is 0 Å². The molecule has 0 unspecified atom stereocenters. The van der Waals surface area contributed by atoms with Crippen molar-refractivity contribution in [3.8, 4) is 0 Å². The predicted molar refractivity (Wildman–Crippen MR) is 61.2 cm³/mol. The lowest BCUT2D eigenvalue weighted by atomic mass is 10.0. The summed E-state index contributed by atoms with van der Waals surface area (Å²) in [5.74, 6) is -0.535.